The molecule has 3 aromatic rings. The first-order valence-electron chi connectivity index (χ1n) is 10.1. The fourth-order valence-electron chi connectivity index (χ4n) is 3.61. The van der Waals surface area contributed by atoms with Crippen LogP contribution in [0.15, 0.2) is 48.5 Å². The summed E-state index contributed by atoms with van der Waals surface area (Å²) in [5.74, 6) is -0.913. The van der Waals surface area contributed by atoms with Crippen LogP contribution in [0, 0.1) is 0 Å². The van der Waals surface area contributed by atoms with Crippen LogP contribution in [0.4, 0.5) is 13.6 Å². The molecular weight excluding hydrogens is 420 g/mol. The minimum atomic E-state index is -2.74. The second-order valence-electron chi connectivity index (χ2n) is 7.55. The number of fused-ring (bicyclic) bond motifs is 1. The molecule has 1 saturated heterocycles. The molecule has 2 N–H and O–H groups in total. The quantitative estimate of drug-likeness (QED) is 0.551. The summed E-state index contributed by atoms with van der Waals surface area (Å²) in [6, 6.07) is 12.7. The highest BCUT2D eigenvalue weighted by Gasteiger charge is 2.28. The maximum atomic E-state index is 13.6. The molecule has 8 nitrogen and oxygen atoms in total. The monoisotopic (exact) mass is 441 g/mol. The first kappa shape index (κ1) is 21.4. The third-order valence-corrected chi connectivity index (χ3v) is 5.32. The van der Waals surface area contributed by atoms with Gasteiger partial charge in [0.15, 0.2) is 0 Å². The molecule has 0 bridgehead atoms. The number of hydrogen-bond acceptors (Lipinski definition) is 4. The predicted octanol–water partition coefficient (Wildman–Crippen LogP) is 3.02. The number of amides is 4. The second-order valence-corrected chi connectivity index (χ2v) is 7.55. The average Bonchev–Trinajstić information content (AvgIpc) is 3.33. The van der Waals surface area contributed by atoms with Crippen LogP contribution in [0.1, 0.15) is 41.1 Å². The number of urea groups is 1. The fraction of sp³-hybridized carbons (Fsp3) is 0.273. The lowest BCUT2D eigenvalue weighted by Gasteiger charge is -2.15. The summed E-state index contributed by atoms with van der Waals surface area (Å²) in [6.45, 7) is -0.794. The second kappa shape index (κ2) is 8.74. The molecule has 166 valence electrons. The Balaban J connectivity index is 1.40. The van der Waals surface area contributed by atoms with Gasteiger partial charge < -0.3 is 10.6 Å². The first-order chi connectivity index (χ1) is 15.3. The van der Waals surface area contributed by atoms with Crippen molar-refractivity contribution in [2.24, 2.45) is 0 Å². The number of alkyl halides is 2. The number of carbonyl (C=O) groups is 3. The molecule has 0 radical (unpaired) electrons. The molecule has 1 aromatic heterocycles. The van der Waals surface area contributed by atoms with Crippen molar-refractivity contribution in [3.63, 3.8) is 0 Å². The van der Waals surface area contributed by atoms with Gasteiger partial charge in [-0.1, -0.05) is 31.2 Å². The molecule has 4 amide bonds. The molecule has 2 heterocycles. The standard InChI is InChI=1S/C22H21F2N5O3/c1-13(19-27-16-4-2-3-5-17(16)29(19)21(23)24)10-25-20(31)15-8-6-14(7-9-15)12-28-18(30)11-26-22(28)32/h2-9,13,21H,10-12H2,1H3,(H,25,31)(H,26,32)/t13-/m1/s1. The van der Waals surface area contributed by atoms with E-state index >= 15 is 0 Å². The van der Waals surface area contributed by atoms with Crippen molar-refractivity contribution in [1.29, 1.82) is 0 Å². The molecule has 10 heteroatoms. The number of imidazole rings is 1. The third kappa shape index (κ3) is 4.16. The molecule has 1 atom stereocenters. The zero-order valence-electron chi connectivity index (χ0n) is 17.2. The molecular formula is C22H21F2N5O3. The van der Waals surface area contributed by atoms with E-state index in [0.717, 1.165) is 9.47 Å². The highest BCUT2D eigenvalue weighted by molar-refractivity contribution is 6.01. The van der Waals surface area contributed by atoms with E-state index in [1.165, 1.54) is 0 Å². The Hall–Kier alpha value is -3.82. The van der Waals surface area contributed by atoms with Crippen LogP contribution in [0.2, 0.25) is 0 Å². The Morgan fingerprint density at radius 1 is 1.16 bits per heavy atom. The van der Waals surface area contributed by atoms with Crippen molar-refractivity contribution in [3.05, 3.63) is 65.5 Å². The molecule has 0 spiro atoms. The van der Waals surface area contributed by atoms with Crippen molar-refractivity contribution in [2.45, 2.75) is 25.9 Å². The predicted molar refractivity (Wildman–Crippen MR) is 112 cm³/mol. The summed E-state index contributed by atoms with van der Waals surface area (Å²) in [5.41, 5.74) is 1.89. The van der Waals surface area contributed by atoms with Gasteiger partial charge in [0.1, 0.15) is 5.82 Å². The number of halogens is 2. The van der Waals surface area contributed by atoms with Crippen molar-refractivity contribution < 1.29 is 23.2 Å². The van der Waals surface area contributed by atoms with Gasteiger partial charge in [0.2, 0.25) is 5.91 Å². The van der Waals surface area contributed by atoms with E-state index in [1.54, 1.807) is 55.5 Å². The number of hydrogen-bond donors (Lipinski definition) is 2. The van der Waals surface area contributed by atoms with Crippen LogP contribution < -0.4 is 10.6 Å². The molecule has 2 aromatic carbocycles. The largest absolute Gasteiger partial charge is 0.351 e. The average molecular weight is 441 g/mol. The van der Waals surface area contributed by atoms with E-state index < -0.39 is 18.5 Å². The van der Waals surface area contributed by atoms with Gasteiger partial charge in [0.05, 0.1) is 24.1 Å². The van der Waals surface area contributed by atoms with Gasteiger partial charge in [-0.15, -0.1) is 0 Å². The van der Waals surface area contributed by atoms with Crippen LogP contribution in [-0.4, -0.2) is 45.4 Å². The van der Waals surface area contributed by atoms with Gasteiger partial charge in [-0.25, -0.2) is 9.78 Å². The Morgan fingerprint density at radius 2 is 1.88 bits per heavy atom. The number of benzene rings is 2. The normalized spacial score (nSPS) is 14.8. The molecule has 0 aliphatic carbocycles. The lowest BCUT2D eigenvalue weighted by atomic mass is 10.1. The number of nitrogens with one attached hydrogen (secondary N) is 2. The van der Waals surface area contributed by atoms with Crippen LogP contribution >= 0.6 is 0 Å². The van der Waals surface area contributed by atoms with E-state index in [0.29, 0.717) is 22.2 Å². The summed E-state index contributed by atoms with van der Waals surface area (Å²) >= 11 is 0. The first-order valence-corrected chi connectivity index (χ1v) is 10.1. The van der Waals surface area contributed by atoms with Crippen LogP contribution in [-0.2, 0) is 11.3 Å². The van der Waals surface area contributed by atoms with E-state index in [1.807, 2.05) is 0 Å². The Bertz CT molecular complexity index is 1160. The summed E-state index contributed by atoms with van der Waals surface area (Å²) in [5, 5.41) is 5.20. The number of para-hydroxylation sites is 2. The molecule has 32 heavy (non-hydrogen) atoms. The lowest BCUT2D eigenvalue weighted by molar-refractivity contribution is -0.125. The summed E-state index contributed by atoms with van der Waals surface area (Å²) in [6.07, 6.45) is 0. The number of imide groups is 1. The van der Waals surface area contributed by atoms with Gasteiger partial charge in [-0.2, -0.15) is 8.78 Å². The minimum Gasteiger partial charge on any atom is -0.351 e. The number of rotatable bonds is 7. The smallest absolute Gasteiger partial charge is 0.324 e. The van der Waals surface area contributed by atoms with Gasteiger partial charge in [0, 0.05) is 18.0 Å². The Kier molecular flexibility index (Phi) is 5.85. The van der Waals surface area contributed by atoms with Crippen molar-refractivity contribution in [2.75, 3.05) is 13.1 Å². The van der Waals surface area contributed by atoms with Gasteiger partial charge in [0.25, 0.3) is 5.91 Å². The van der Waals surface area contributed by atoms with Crippen molar-refractivity contribution in [1.82, 2.24) is 25.1 Å². The topological polar surface area (TPSA) is 96.3 Å². The molecule has 1 aliphatic heterocycles. The van der Waals surface area contributed by atoms with E-state index in [9.17, 15) is 23.2 Å². The number of nitrogens with zero attached hydrogens (tertiary/aromatic N) is 3. The maximum absolute atomic E-state index is 13.6. The van der Waals surface area contributed by atoms with Crippen LogP contribution in [0.25, 0.3) is 11.0 Å². The lowest BCUT2D eigenvalue weighted by Crippen LogP contribution is -2.30. The number of aromatic nitrogens is 2. The molecule has 4 rings (SSSR count). The van der Waals surface area contributed by atoms with Gasteiger partial charge >= 0.3 is 12.6 Å². The van der Waals surface area contributed by atoms with Crippen LogP contribution in [0.3, 0.4) is 0 Å². The van der Waals surface area contributed by atoms with E-state index in [-0.39, 0.29) is 37.3 Å². The molecule has 1 aliphatic rings. The fourth-order valence-corrected chi connectivity index (χ4v) is 3.61. The van der Waals surface area contributed by atoms with Crippen molar-refractivity contribution in [3.8, 4) is 0 Å². The number of carbonyl (C=O) groups excluding carboxylic acids is 3. The summed E-state index contributed by atoms with van der Waals surface area (Å²) in [4.78, 5) is 41.3. The summed E-state index contributed by atoms with van der Waals surface area (Å²) in [7, 11) is 0. The zero-order valence-corrected chi connectivity index (χ0v) is 17.2. The molecule has 0 unspecified atom stereocenters. The highest BCUT2D eigenvalue weighted by atomic mass is 19.3. The van der Waals surface area contributed by atoms with E-state index in [4.69, 9.17) is 0 Å². The van der Waals surface area contributed by atoms with Crippen LogP contribution in [0.5, 0.6) is 0 Å². The third-order valence-electron chi connectivity index (χ3n) is 5.32. The van der Waals surface area contributed by atoms with Gasteiger partial charge in [-0.05, 0) is 29.8 Å². The molecule has 0 saturated carbocycles. The highest BCUT2D eigenvalue weighted by Crippen LogP contribution is 2.27. The SMILES string of the molecule is C[C@H](CNC(=O)c1ccc(CN2C(=O)CNC2=O)cc1)c1nc2ccccc2n1C(F)F. The Labute approximate surface area is 182 Å². The zero-order chi connectivity index (χ0) is 22.8. The van der Waals surface area contributed by atoms with Crippen molar-refractivity contribution >= 4 is 28.9 Å². The van der Waals surface area contributed by atoms with Gasteiger partial charge in [-0.3, -0.25) is 19.1 Å². The molecule has 1 fully saturated rings. The Morgan fingerprint density at radius 3 is 2.53 bits per heavy atom. The van der Waals surface area contributed by atoms with E-state index in [2.05, 4.69) is 15.6 Å². The maximum Gasteiger partial charge on any atom is 0.324 e. The minimum absolute atomic E-state index is 0.0170. The summed E-state index contributed by atoms with van der Waals surface area (Å²) < 4.78 is 28.2.